The first-order valence-corrected chi connectivity index (χ1v) is 5.89. The van der Waals surface area contributed by atoms with Gasteiger partial charge >= 0.3 is 6.18 Å². The van der Waals surface area contributed by atoms with E-state index in [1.54, 1.807) is 0 Å². The van der Waals surface area contributed by atoms with Crippen molar-refractivity contribution < 1.29 is 13.2 Å². The van der Waals surface area contributed by atoms with E-state index in [4.69, 9.17) is 17.3 Å². The first kappa shape index (κ1) is 15.6. The molecule has 1 nitrogen and oxygen atoms in total. The van der Waals surface area contributed by atoms with Crippen molar-refractivity contribution >= 4 is 24.0 Å². The summed E-state index contributed by atoms with van der Waals surface area (Å²) in [6.45, 7) is 0. The van der Waals surface area contributed by atoms with Gasteiger partial charge in [-0.05, 0) is 42.5 Å². The van der Waals surface area contributed by atoms with E-state index in [1.165, 1.54) is 6.07 Å². The Morgan fingerprint density at radius 2 is 1.83 bits per heavy atom. The first-order chi connectivity index (χ1) is 7.88. The zero-order chi connectivity index (χ0) is 12.6. The molecule has 2 N–H and O–H groups in total. The van der Waals surface area contributed by atoms with Gasteiger partial charge in [0.15, 0.2) is 0 Å². The minimum Gasteiger partial charge on any atom is -0.324 e. The summed E-state index contributed by atoms with van der Waals surface area (Å²) in [7, 11) is 0. The summed E-state index contributed by atoms with van der Waals surface area (Å²) >= 11 is 5.71. The van der Waals surface area contributed by atoms with Gasteiger partial charge in [-0.3, -0.25) is 0 Å². The minimum absolute atomic E-state index is 0. The first-order valence-electron chi connectivity index (χ1n) is 5.51. The molecule has 0 spiro atoms. The predicted octanol–water partition coefficient (Wildman–Crippen LogP) is 4.58. The van der Waals surface area contributed by atoms with Crippen LogP contribution >= 0.6 is 24.0 Å². The van der Waals surface area contributed by atoms with Gasteiger partial charge in [-0.15, -0.1) is 12.4 Å². The summed E-state index contributed by atoms with van der Waals surface area (Å²) in [4.78, 5) is 0. The van der Waals surface area contributed by atoms with Crippen LogP contribution in [0.2, 0.25) is 5.02 Å². The SMILES string of the molecule is Cl.N[C@@H](c1cc(Cl)cc(C(F)(F)F)c1)C1CCC1. The van der Waals surface area contributed by atoms with Gasteiger partial charge in [-0.25, -0.2) is 0 Å². The smallest absolute Gasteiger partial charge is 0.324 e. The molecule has 1 saturated carbocycles. The Kier molecular flexibility index (Phi) is 4.92. The fourth-order valence-corrected chi connectivity index (χ4v) is 2.28. The van der Waals surface area contributed by atoms with Gasteiger partial charge < -0.3 is 5.73 Å². The number of rotatable bonds is 2. The largest absolute Gasteiger partial charge is 0.416 e. The van der Waals surface area contributed by atoms with Crippen LogP contribution in [0, 0.1) is 5.92 Å². The van der Waals surface area contributed by atoms with E-state index in [2.05, 4.69) is 0 Å². The van der Waals surface area contributed by atoms with Crippen molar-refractivity contribution in [3.05, 3.63) is 34.3 Å². The normalized spacial score (nSPS) is 17.8. The van der Waals surface area contributed by atoms with Gasteiger partial charge in [0.05, 0.1) is 5.56 Å². The van der Waals surface area contributed by atoms with E-state index in [1.807, 2.05) is 0 Å². The van der Waals surface area contributed by atoms with Gasteiger partial charge in [0.1, 0.15) is 0 Å². The molecule has 0 bridgehead atoms. The third kappa shape index (κ3) is 3.31. The molecule has 1 aliphatic rings. The van der Waals surface area contributed by atoms with Crippen LogP contribution in [0.4, 0.5) is 13.2 Å². The molecule has 1 atom stereocenters. The number of hydrogen-bond acceptors (Lipinski definition) is 1. The maximum Gasteiger partial charge on any atom is 0.416 e. The summed E-state index contributed by atoms with van der Waals surface area (Å²) in [6.07, 6.45) is -1.31. The highest BCUT2D eigenvalue weighted by molar-refractivity contribution is 6.30. The highest BCUT2D eigenvalue weighted by Gasteiger charge is 2.33. The summed E-state index contributed by atoms with van der Waals surface area (Å²) in [5.41, 5.74) is 5.71. The molecule has 1 aliphatic carbocycles. The zero-order valence-corrected chi connectivity index (χ0v) is 11.1. The van der Waals surface area contributed by atoms with E-state index < -0.39 is 11.7 Å². The van der Waals surface area contributed by atoms with Gasteiger partial charge in [-0.2, -0.15) is 13.2 Å². The minimum atomic E-state index is -4.38. The maximum atomic E-state index is 12.6. The van der Waals surface area contributed by atoms with Crippen molar-refractivity contribution in [3.63, 3.8) is 0 Å². The molecular formula is C12H14Cl2F3N. The average Bonchev–Trinajstić information content (AvgIpc) is 2.12. The predicted molar refractivity (Wildman–Crippen MR) is 68.0 cm³/mol. The molecule has 1 aromatic rings. The number of nitrogens with two attached hydrogens (primary N) is 1. The van der Waals surface area contributed by atoms with Crippen LogP contribution in [0.3, 0.4) is 0 Å². The highest BCUT2D eigenvalue weighted by atomic mass is 35.5. The van der Waals surface area contributed by atoms with Crippen LogP contribution in [-0.4, -0.2) is 0 Å². The Labute approximate surface area is 115 Å². The van der Waals surface area contributed by atoms with Gasteiger partial charge in [0.25, 0.3) is 0 Å². The fourth-order valence-electron chi connectivity index (χ4n) is 2.04. The zero-order valence-electron chi connectivity index (χ0n) is 9.51. The second kappa shape index (κ2) is 5.68. The number of benzene rings is 1. The Bertz CT molecular complexity index is 416. The summed E-state index contributed by atoms with van der Waals surface area (Å²) in [5.74, 6) is 0.287. The lowest BCUT2D eigenvalue weighted by Gasteiger charge is -2.31. The van der Waals surface area contributed by atoms with E-state index in [-0.39, 0.29) is 29.4 Å². The lowest BCUT2D eigenvalue weighted by atomic mass is 9.77. The van der Waals surface area contributed by atoms with Crippen LogP contribution < -0.4 is 5.73 Å². The molecule has 1 fully saturated rings. The number of hydrogen-bond donors (Lipinski definition) is 1. The van der Waals surface area contributed by atoms with Crippen molar-refractivity contribution in [1.82, 2.24) is 0 Å². The van der Waals surface area contributed by atoms with Crippen LogP contribution in [0.25, 0.3) is 0 Å². The molecule has 0 aromatic heterocycles. The van der Waals surface area contributed by atoms with Crippen molar-refractivity contribution in [2.75, 3.05) is 0 Å². The van der Waals surface area contributed by atoms with Crippen molar-refractivity contribution in [3.8, 4) is 0 Å². The Morgan fingerprint density at radius 3 is 2.28 bits per heavy atom. The molecule has 102 valence electrons. The Balaban J connectivity index is 0.00000162. The molecule has 0 heterocycles. The number of alkyl halides is 3. The molecule has 0 aliphatic heterocycles. The van der Waals surface area contributed by atoms with E-state index in [9.17, 15) is 13.2 Å². The molecule has 0 saturated heterocycles. The van der Waals surface area contributed by atoms with Crippen LogP contribution in [-0.2, 0) is 6.18 Å². The van der Waals surface area contributed by atoms with Crippen molar-refractivity contribution in [2.24, 2.45) is 11.7 Å². The Hall–Kier alpha value is -0.450. The molecule has 18 heavy (non-hydrogen) atoms. The van der Waals surface area contributed by atoms with Gasteiger partial charge in [0.2, 0.25) is 0 Å². The van der Waals surface area contributed by atoms with Gasteiger partial charge in [0, 0.05) is 11.1 Å². The van der Waals surface area contributed by atoms with E-state index in [0.717, 1.165) is 31.4 Å². The molecule has 6 heteroatoms. The molecule has 1 aromatic carbocycles. The molecule has 2 rings (SSSR count). The summed E-state index contributed by atoms with van der Waals surface area (Å²) in [6, 6.07) is 3.22. The van der Waals surface area contributed by atoms with E-state index in [0.29, 0.717) is 5.56 Å². The van der Waals surface area contributed by atoms with E-state index >= 15 is 0 Å². The molecule has 0 radical (unpaired) electrons. The van der Waals surface area contributed by atoms with Crippen LogP contribution in [0.1, 0.15) is 36.4 Å². The standard InChI is InChI=1S/C12H13ClF3N.ClH/c13-10-5-8(11(17)7-2-1-3-7)4-9(6-10)12(14,15)16;/h4-7,11H,1-3,17H2;1H/t11-;/m1./s1. The lowest BCUT2D eigenvalue weighted by Crippen LogP contribution is -2.27. The monoisotopic (exact) mass is 299 g/mol. The topological polar surface area (TPSA) is 26.0 Å². The summed E-state index contributed by atoms with van der Waals surface area (Å²) in [5, 5.41) is 0.0876. The third-order valence-corrected chi connectivity index (χ3v) is 3.51. The second-order valence-corrected chi connectivity index (χ2v) is 4.92. The number of halogens is 5. The van der Waals surface area contributed by atoms with Crippen LogP contribution in [0.5, 0.6) is 0 Å². The van der Waals surface area contributed by atoms with Crippen molar-refractivity contribution in [1.29, 1.82) is 0 Å². The quantitative estimate of drug-likeness (QED) is 0.850. The molecular weight excluding hydrogens is 286 g/mol. The third-order valence-electron chi connectivity index (χ3n) is 3.29. The van der Waals surface area contributed by atoms with Gasteiger partial charge in [-0.1, -0.05) is 18.0 Å². The summed E-state index contributed by atoms with van der Waals surface area (Å²) < 4.78 is 37.8. The maximum absolute atomic E-state index is 12.6. The Morgan fingerprint density at radius 1 is 1.22 bits per heavy atom. The van der Waals surface area contributed by atoms with Crippen LogP contribution in [0.15, 0.2) is 18.2 Å². The molecule has 0 amide bonds. The molecule has 0 unspecified atom stereocenters. The lowest BCUT2D eigenvalue weighted by molar-refractivity contribution is -0.137. The second-order valence-electron chi connectivity index (χ2n) is 4.49. The highest BCUT2D eigenvalue weighted by Crippen LogP contribution is 2.39. The van der Waals surface area contributed by atoms with Crippen molar-refractivity contribution in [2.45, 2.75) is 31.5 Å². The average molecular weight is 300 g/mol. The fraction of sp³-hybridized carbons (Fsp3) is 0.500.